The van der Waals surface area contributed by atoms with Gasteiger partial charge < -0.3 is 15.2 Å². The van der Waals surface area contributed by atoms with Crippen molar-refractivity contribution in [2.75, 3.05) is 20.3 Å². The van der Waals surface area contributed by atoms with E-state index in [1.54, 1.807) is 0 Å². The first-order valence-corrected chi connectivity index (χ1v) is 6.33. The van der Waals surface area contributed by atoms with Crippen molar-refractivity contribution in [3.05, 3.63) is 29.3 Å². The number of rotatable bonds is 5. The Hall–Kier alpha value is -1.06. The molecule has 0 saturated heterocycles. The van der Waals surface area contributed by atoms with E-state index in [1.165, 1.54) is 11.1 Å². The molecule has 3 nitrogen and oxygen atoms in total. The fourth-order valence-corrected chi connectivity index (χ4v) is 2.54. The molecule has 2 rings (SSSR count). The molecule has 1 aliphatic rings. The van der Waals surface area contributed by atoms with Gasteiger partial charge in [-0.2, -0.15) is 0 Å². The lowest BCUT2D eigenvalue weighted by molar-refractivity contribution is 0.189. The molecule has 17 heavy (non-hydrogen) atoms. The zero-order valence-electron chi connectivity index (χ0n) is 10.6. The summed E-state index contributed by atoms with van der Waals surface area (Å²) in [7, 11) is 1.95. The van der Waals surface area contributed by atoms with Gasteiger partial charge in [0.15, 0.2) is 0 Å². The van der Waals surface area contributed by atoms with E-state index in [-0.39, 0.29) is 18.6 Å². The first-order valence-electron chi connectivity index (χ1n) is 6.33. The number of nitrogens with one attached hydrogen (secondary N) is 1. The maximum absolute atomic E-state index is 9.42. The summed E-state index contributed by atoms with van der Waals surface area (Å²) in [5.74, 6) is 1.28. The molecule has 0 bridgehead atoms. The zero-order chi connectivity index (χ0) is 12.3. The van der Waals surface area contributed by atoms with Crippen molar-refractivity contribution < 1.29 is 9.84 Å². The zero-order valence-corrected chi connectivity index (χ0v) is 10.6. The van der Waals surface area contributed by atoms with Gasteiger partial charge in [0.25, 0.3) is 0 Å². The van der Waals surface area contributed by atoms with Crippen LogP contribution in [0.1, 0.15) is 30.5 Å². The molecular formula is C14H21NO2. The van der Waals surface area contributed by atoms with Crippen molar-refractivity contribution >= 4 is 0 Å². The van der Waals surface area contributed by atoms with Gasteiger partial charge in [-0.25, -0.2) is 0 Å². The first-order chi connectivity index (χ1) is 8.30. The number of hydrogen-bond acceptors (Lipinski definition) is 3. The first kappa shape index (κ1) is 12.4. The van der Waals surface area contributed by atoms with Crippen LogP contribution in [0.4, 0.5) is 0 Å². The Kier molecular flexibility index (Phi) is 4.02. The van der Waals surface area contributed by atoms with E-state index < -0.39 is 0 Å². The van der Waals surface area contributed by atoms with Crippen molar-refractivity contribution in [2.24, 2.45) is 5.92 Å². The summed E-state index contributed by atoms with van der Waals surface area (Å²) < 4.78 is 5.51. The molecule has 1 aromatic rings. The summed E-state index contributed by atoms with van der Waals surface area (Å²) in [6.07, 6.45) is 1.96. The summed E-state index contributed by atoms with van der Waals surface area (Å²) >= 11 is 0. The highest BCUT2D eigenvalue weighted by Crippen LogP contribution is 2.31. The molecule has 1 heterocycles. The molecule has 2 unspecified atom stereocenters. The maximum atomic E-state index is 9.42. The van der Waals surface area contributed by atoms with Crippen molar-refractivity contribution in [1.82, 2.24) is 5.32 Å². The predicted octanol–water partition coefficient (Wildman–Crippen LogP) is 1.90. The van der Waals surface area contributed by atoms with Crippen LogP contribution in [0.2, 0.25) is 0 Å². The van der Waals surface area contributed by atoms with Crippen molar-refractivity contribution in [3.63, 3.8) is 0 Å². The molecule has 1 aliphatic heterocycles. The predicted molar refractivity (Wildman–Crippen MR) is 68.3 cm³/mol. The fourth-order valence-electron chi connectivity index (χ4n) is 2.54. The Balaban J connectivity index is 2.25. The third-order valence-corrected chi connectivity index (χ3v) is 3.61. The standard InChI is InChI=1S/C14H21NO2/c1-3-10(9-16)14(15-2)12-4-5-13-11(8-12)6-7-17-13/h4-5,8,10,14-16H,3,6-7,9H2,1-2H3. The minimum Gasteiger partial charge on any atom is -0.493 e. The summed E-state index contributed by atoms with van der Waals surface area (Å²) in [6.45, 7) is 3.12. The number of ether oxygens (including phenoxy) is 1. The molecule has 0 amide bonds. The molecule has 2 N–H and O–H groups in total. The van der Waals surface area contributed by atoms with Crippen LogP contribution in [0.3, 0.4) is 0 Å². The molecule has 0 fully saturated rings. The highest BCUT2D eigenvalue weighted by molar-refractivity contribution is 5.41. The maximum Gasteiger partial charge on any atom is 0.122 e. The van der Waals surface area contributed by atoms with Crippen LogP contribution >= 0.6 is 0 Å². The van der Waals surface area contributed by atoms with Crippen molar-refractivity contribution in [1.29, 1.82) is 0 Å². The fraction of sp³-hybridized carbons (Fsp3) is 0.571. The smallest absolute Gasteiger partial charge is 0.122 e. The van der Waals surface area contributed by atoms with Crippen LogP contribution in [0.15, 0.2) is 18.2 Å². The summed E-state index contributed by atoms with van der Waals surface area (Å²) in [4.78, 5) is 0. The minimum atomic E-state index is 0.218. The molecule has 0 aromatic heterocycles. The van der Waals surface area contributed by atoms with E-state index in [0.29, 0.717) is 0 Å². The van der Waals surface area contributed by atoms with Crippen molar-refractivity contribution in [2.45, 2.75) is 25.8 Å². The van der Waals surface area contributed by atoms with E-state index in [1.807, 2.05) is 13.1 Å². The Labute approximate surface area is 103 Å². The molecule has 94 valence electrons. The third-order valence-electron chi connectivity index (χ3n) is 3.61. The summed E-state index contributed by atoms with van der Waals surface area (Å²) in [6, 6.07) is 6.58. The second-order valence-corrected chi connectivity index (χ2v) is 4.58. The number of fused-ring (bicyclic) bond motifs is 1. The molecule has 1 aromatic carbocycles. The number of benzene rings is 1. The van der Waals surface area contributed by atoms with Crippen LogP contribution < -0.4 is 10.1 Å². The monoisotopic (exact) mass is 235 g/mol. The normalized spacial score (nSPS) is 17.4. The summed E-state index contributed by atoms with van der Waals surface area (Å²) in [5.41, 5.74) is 2.54. The van der Waals surface area contributed by atoms with E-state index in [9.17, 15) is 5.11 Å². The highest BCUT2D eigenvalue weighted by atomic mass is 16.5. The van der Waals surface area contributed by atoms with Crippen LogP contribution in [-0.2, 0) is 6.42 Å². The quantitative estimate of drug-likeness (QED) is 0.819. The molecular weight excluding hydrogens is 214 g/mol. The van der Waals surface area contributed by atoms with E-state index in [4.69, 9.17) is 4.74 Å². The van der Waals surface area contributed by atoms with Crippen LogP contribution in [0.25, 0.3) is 0 Å². The van der Waals surface area contributed by atoms with Gasteiger partial charge >= 0.3 is 0 Å². The van der Waals surface area contributed by atoms with Gasteiger partial charge in [0, 0.05) is 25.0 Å². The average molecular weight is 235 g/mol. The van der Waals surface area contributed by atoms with Gasteiger partial charge in [0.05, 0.1) is 6.61 Å². The third kappa shape index (κ3) is 2.45. The average Bonchev–Trinajstić information content (AvgIpc) is 2.82. The Morgan fingerprint density at radius 1 is 1.47 bits per heavy atom. The Morgan fingerprint density at radius 3 is 2.94 bits per heavy atom. The van der Waals surface area contributed by atoms with Crippen LogP contribution in [0.5, 0.6) is 5.75 Å². The lowest BCUT2D eigenvalue weighted by Gasteiger charge is -2.25. The van der Waals surface area contributed by atoms with Gasteiger partial charge in [-0.05, 0) is 30.7 Å². The molecule has 3 heteroatoms. The molecule has 2 atom stereocenters. The van der Waals surface area contributed by atoms with Crippen LogP contribution in [0, 0.1) is 5.92 Å². The lowest BCUT2D eigenvalue weighted by Crippen LogP contribution is -2.27. The summed E-state index contributed by atoms with van der Waals surface area (Å²) in [5, 5.41) is 12.7. The van der Waals surface area contributed by atoms with E-state index in [0.717, 1.165) is 25.2 Å². The number of aliphatic hydroxyl groups is 1. The largest absolute Gasteiger partial charge is 0.493 e. The SMILES string of the molecule is CCC(CO)C(NC)c1ccc2c(c1)CCO2. The molecule has 0 saturated carbocycles. The van der Waals surface area contributed by atoms with Gasteiger partial charge in [-0.15, -0.1) is 0 Å². The second-order valence-electron chi connectivity index (χ2n) is 4.58. The molecule has 0 aliphatic carbocycles. The topological polar surface area (TPSA) is 41.5 Å². The minimum absolute atomic E-state index is 0.218. The Morgan fingerprint density at radius 2 is 2.29 bits per heavy atom. The molecule has 0 spiro atoms. The van der Waals surface area contributed by atoms with Gasteiger partial charge in [-0.1, -0.05) is 19.1 Å². The van der Waals surface area contributed by atoms with Gasteiger partial charge in [-0.3, -0.25) is 0 Å². The van der Waals surface area contributed by atoms with E-state index >= 15 is 0 Å². The lowest BCUT2D eigenvalue weighted by atomic mass is 9.90. The highest BCUT2D eigenvalue weighted by Gasteiger charge is 2.21. The Bertz CT molecular complexity index is 374. The van der Waals surface area contributed by atoms with Crippen LogP contribution in [-0.4, -0.2) is 25.4 Å². The molecule has 0 radical (unpaired) electrons. The van der Waals surface area contributed by atoms with Gasteiger partial charge in [0.1, 0.15) is 5.75 Å². The van der Waals surface area contributed by atoms with Crippen molar-refractivity contribution in [3.8, 4) is 5.75 Å². The van der Waals surface area contributed by atoms with Gasteiger partial charge in [0.2, 0.25) is 0 Å². The number of hydrogen-bond donors (Lipinski definition) is 2. The number of aliphatic hydroxyl groups excluding tert-OH is 1. The second kappa shape index (κ2) is 5.52. The van der Waals surface area contributed by atoms with E-state index in [2.05, 4.69) is 24.4 Å².